The molecule has 2 rings (SSSR count). The summed E-state index contributed by atoms with van der Waals surface area (Å²) in [4.78, 5) is 0. The molecule has 0 aliphatic carbocycles. The minimum Gasteiger partial charge on any atom is -0.494 e. The van der Waals surface area contributed by atoms with Crippen molar-refractivity contribution < 1.29 is 13.9 Å². The van der Waals surface area contributed by atoms with Gasteiger partial charge in [-0.25, -0.2) is 4.39 Å². The Hall–Kier alpha value is -2.23. The SMILES string of the molecule is CNc1ccc(OCc2cccc(OC)c2F)cc1. The lowest BCUT2D eigenvalue weighted by Gasteiger charge is -2.10. The smallest absolute Gasteiger partial charge is 0.171 e. The quantitative estimate of drug-likeness (QED) is 0.894. The Bertz CT molecular complexity index is 540. The van der Waals surface area contributed by atoms with Crippen LogP contribution in [0.1, 0.15) is 5.56 Å². The van der Waals surface area contributed by atoms with Crippen molar-refractivity contribution in [2.75, 3.05) is 19.5 Å². The van der Waals surface area contributed by atoms with E-state index in [1.54, 1.807) is 18.2 Å². The van der Waals surface area contributed by atoms with Crippen molar-refractivity contribution in [3.63, 3.8) is 0 Å². The lowest BCUT2D eigenvalue weighted by molar-refractivity contribution is 0.295. The molecule has 0 atom stereocenters. The van der Waals surface area contributed by atoms with Gasteiger partial charge >= 0.3 is 0 Å². The zero-order chi connectivity index (χ0) is 13.7. The van der Waals surface area contributed by atoms with Crippen LogP contribution in [0.25, 0.3) is 0 Å². The van der Waals surface area contributed by atoms with Gasteiger partial charge in [-0.15, -0.1) is 0 Å². The Morgan fingerprint density at radius 1 is 1.11 bits per heavy atom. The Balaban J connectivity index is 2.05. The van der Waals surface area contributed by atoms with Gasteiger partial charge in [-0.1, -0.05) is 12.1 Å². The summed E-state index contributed by atoms with van der Waals surface area (Å²) in [6, 6.07) is 12.5. The summed E-state index contributed by atoms with van der Waals surface area (Å²) in [7, 11) is 3.29. The molecule has 3 nitrogen and oxygen atoms in total. The zero-order valence-electron chi connectivity index (χ0n) is 10.9. The largest absolute Gasteiger partial charge is 0.494 e. The second-order valence-corrected chi connectivity index (χ2v) is 4.00. The van der Waals surface area contributed by atoms with Crippen molar-refractivity contribution in [1.29, 1.82) is 0 Å². The average molecular weight is 261 g/mol. The van der Waals surface area contributed by atoms with E-state index in [1.165, 1.54) is 7.11 Å². The van der Waals surface area contributed by atoms with Gasteiger partial charge in [0, 0.05) is 18.3 Å². The van der Waals surface area contributed by atoms with Crippen LogP contribution in [-0.4, -0.2) is 14.2 Å². The van der Waals surface area contributed by atoms with Gasteiger partial charge in [0.25, 0.3) is 0 Å². The van der Waals surface area contributed by atoms with Crippen LogP contribution in [0.2, 0.25) is 0 Å². The van der Waals surface area contributed by atoms with Crippen molar-refractivity contribution in [2.24, 2.45) is 0 Å². The summed E-state index contributed by atoms with van der Waals surface area (Å²) in [6.07, 6.45) is 0. The van der Waals surface area contributed by atoms with Crippen molar-refractivity contribution in [3.05, 3.63) is 53.8 Å². The highest BCUT2D eigenvalue weighted by Crippen LogP contribution is 2.22. The second kappa shape index (κ2) is 6.09. The summed E-state index contributed by atoms with van der Waals surface area (Å²) in [5.74, 6) is 0.546. The van der Waals surface area contributed by atoms with E-state index in [9.17, 15) is 4.39 Å². The molecule has 0 saturated carbocycles. The van der Waals surface area contributed by atoms with Gasteiger partial charge in [-0.05, 0) is 30.3 Å². The Morgan fingerprint density at radius 2 is 1.84 bits per heavy atom. The van der Waals surface area contributed by atoms with Crippen molar-refractivity contribution in [3.8, 4) is 11.5 Å². The zero-order valence-corrected chi connectivity index (χ0v) is 10.9. The molecule has 4 heteroatoms. The lowest BCUT2D eigenvalue weighted by Crippen LogP contribution is -2.00. The molecule has 0 aromatic heterocycles. The summed E-state index contributed by atoms with van der Waals surface area (Å²) in [6.45, 7) is 0.169. The molecule has 1 N–H and O–H groups in total. The van der Waals surface area contributed by atoms with Gasteiger partial charge in [-0.2, -0.15) is 0 Å². The van der Waals surface area contributed by atoms with E-state index in [4.69, 9.17) is 9.47 Å². The van der Waals surface area contributed by atoms with Crippen LogP contribution in [0.15, 0.2) is 42.5 Å². The molecule has 0 bridgehead atoms. The highest BCUT2D eigenvalue weighted by Gasteiger charge is 2.08. The Morgan fingerprint density at radius 3 is 2.47 bits per heavy atom. The first-order chi connectivity index (χ1) is 9.24. The van der Waals surface area contributed by atoms with Crippen molar-refractivity contribution >= 4 is 5.69 Å². The summed E-state index contributed by atoms with van der Waals surface area (Å²) >= 11 is 0. The fourth-order valence-corrected chi connectivity index (χ4v) is 1.70. The van der Waals surface area contributed by atoms with Crippen LogP contribution in [0.3, 0.4) is 0 Å². The Kier molecular flexibility index (Phi) is 4.23. The lowest BCUT2D eigenvalue weighted by atomic mass is 10.2. The molecule has 0 heterocycles. The van der Waals surface area contributed by atoms with Gasteiger partial charge in [0.15, 0.2) is 11.6 Å². The number of anilines is 1. The monoisotopic (exact) mass is 261 g/mol. The molecule has 0 fully saturated rings. The molecule has 0 spiro atoms. The molecule has 0 unspecified atom stereocenters. The van der Waals surface area contributed by atoms with Gasteiger partial charge in [-0.3, -0.25) is 0 Å². The third-order valence-electron chi connectivity index (χ3n) is 2.80. The number of methoxy groups -OCH3 is 1. The van der Waals surface area contributed by atoms with E-state index in [-0.39, 0.29) is 18.2 Å². The molecule has 0 radical (unpaired) electrons. The summed E-state index contributed by atoms with van der Waals surface area (Å²) in [5, 5.41) is 3.02. The number of hydrogen-bond acceptors (Lipinski definition) is 3. The van der Waals surface area contributed by atoms with E-state index in [0.717, 1.165) is 5.69 Å². The first-order valence-electron chi connectivity index (χ1n) is 5.96. The molecule has 2 aromatic carbocycles. The maximum absolute atomic E-state index is 13.9. The highest BCUT2D eigenvalue weighted by atomic mass is 19.1. The number of ether oxygens (including phenoxy) is 2. The van der Waals surface area contributed by atoms with Crippen LogP contribution < -0.4 is 14.8 Å². The molecular weight excluding hydrogens is 245 g/mol. The van der Waals surface area contributed by atoms with Crippen molar-refractivity contribution in [1.82, 2.24) is 0 Å². The number of benzene rings is 2. The number of hydrogen-bond donors (Lipinski definition) is 1. The molecule has 100 valence electrons. The van der Waals surface area contributed by atoms with Crippen LogP contribution in [0.4, 0.5) is 10.1 Å². The average Bonchev–Trinajstić information content (AvgIpc) is 2.47. The maximum Gasteiger partial charge on any atom is 0.171 e. The third-order valence-corrected chi connectivity index (χ3v) is 2.80. The molecule has 0 aliphatic heterocycles. The molecular formula is C15H16FNO2. The molecule has 2 aromatic rings. The molecule has 0 aliphatic rings. The fraction of sp³-hybridized carbons (Fsp3) is 0.200. The fourth-order valence-electron chi connectivity index (χ4n) is 1.70. The van der Waals surface area contributed by atoms with Crippen LogP contribution >= 0.6 is 0 Å². The van der Waals surface area contributed by atoms with E-state index in [1.807, 2.05) is 31.3 Å². The molecule has 0 amide bonds. The van der Waals surface area contributed by atoms with E-state index >= 15 is 0 Å². The predicted octanol–water partition coefficient (Wildman–Crippen LogP) is 3.46. The first kappa shape index (κ1) is 13.2. The Labute approximate surface area is 112 Å². The standard InChI is InChI=1S/C15H16FNO2/c1-17-12-6-8-13(9-7-12)19-10-11-4-3-5-14(18-2)15(11)16/h3-9,17H,10H2,1-2H3. The van der Waals surface area contributed by atoms with Crippen molar-refractivity contribution in [2.45, 2.75) is 6.61 Å². The third kappa shape index (κ3) is 3.16. The summed E-state index contributed by atoms with van der Waals surface area (Å²) < 4.78 is 24.4. The topological polar surface area (TPSA) is 30.5 Å². The van der Waals surface area contributed by atoms with E-state index in [2.05, 4.69) is 5.32 Å². The highest BCUT2D eigenvalue weighted by molar-refractivity contribution is 5.45. The normalized spacial score (nSPS) is 10.1. The van der Waals surface area contributed by atoms with Gasteiger partial charge in [0.2, 0.25) is 0 Å². The number of rotatable bonds is 5. The van der Waals surface area contributed by atoms with E-state index < -0.39 is 0 Å². The number of nitrogens with one attached hydrogen (secondary N) is 1. The summed E-state index contributed by atoms with van der Waals surface area (Å²) in [5.41, 5.74) is 1.47. The maximum atomic E-state index is 13.9. The van der Waals surface area contributed by atoms with Gasteiger partial charge < -0.3 is 14.8 Å². The van der Waals surface area contributed by atoms with Crippen LogP contribution in [0, 0.1) is 5.82 Å². The van der Waals surface area contributed by atoms with Crippen LogP contribution in [-0.2, 0) is 6.61 Å². The van der Waals surface area contributed by atoms with Crippen LogP contribution in [0.5, 0.6) is 11.5 Å². The predicted molar refractivity (Wildman–Crippen MR) is 73.3 cm³/mol. The second-order valence-electron chi connectivity index (χ2n) is 4.00. The minimum absolute atomic E-state index is 0.169. The van der Waals surface area contributed by atoms with Gasteiger partial charge in [0.05, 0.1) is 7.11 Å². The minimum atomic E-state index is -0.378. The van der Waals surface area contributed by atoms with E-state index in [0.29, 0.717) is 11.3 Å². The number of halogens is 1. The van der Waals surface area contributed by atoms with Gasteiger partial charge in [0.1, 0.15) is 12.4 Å². The first-order valence-corrected chi connectivity index (χ1v) is 5.96. The molecule has 19 heavy (non-hydrogen) atoms. The molecule has 0 saturated heterocycles.